The number of hydrogen-bond donors (Lipinski definition) is 2. The summed E-state index contributed by atoms with van der Waals surface area (Å²) in [6.45, 7) is 2.20. The summed E-state index contributed by atoms with van der Waals surface area (Å²) in [5.41, 5.74) is 0.458. The number of nitrogens with zero attached hydrogens (tertiary/aromatic N) is 1. The van der Waals surface area contributed by atoms with Gasteiger partial charge in [0.1, 0.15) is 5.54 Å². The Hall–Kier alpha value is -1.39. The second-order valence-corrected chi connectivity index (χ2v) is 4.58. The van der Waals surface area contributed by atoms with Crippen LogP contribution >= 0.6 is 0 Å². The molecule has 1 aromatic rings. The number of carbonyl (C=O) groups is 1. The van der Waals surface area contributed by atoms with Crippen LogP contribution in [0.1, 0.15) is 12.0 Å². The van der Waals surface area contributed by atoms with Crippen molar-refractivity contribution in [3.63, 3.8) is 0 Å². The van der Waals surface area contributed by atoms with Gasteiger partial charge in [0, 0.05) is 19.6 Å². The molecule has 92 valence electrons. The van der Waals surface area contributed by atoms with Crippen molar-refractivity contribution in [1.82, 2.24) is 10.2 Å². The number of rotatable bonds is 4. The van der Waals surface area contributed by atoms with Gasteiger partial charge in [-0.25, -0.2) is 0 Å². The molecule has 0 spiro atoms. The fraction of sp³-hybridized carbons (Fsp3) is 0.462. The van der Waals surface area contributed by atoms with Gasteiger partial charge in [-0.15, -0.1) is 0 Å². The summed E-state index contributed by atoms with van der Waals surface area (Å²) in [6.07, 6.45) is 0.658. The van der Waals surface area contributed by atoms with E-state index in [1.54, 1.807) is 7.05 Å². The number of hydrogen-bond acceptors (Lipinski definition) is 3. The molecule has 17 heavy (non-hydrogen) atoms. The van der Waals surface area contributed by atoms with E-state index in [0.29, 0.717) is 13.0 Å². The number of likely N-dealkylation sites (N-methyl/N-ethyl adjacent to an activating group) is 1. The van der Waals surface area contributed by atoms with Crippen LogP contribution in [0.15, 0.2) is 30.3 Å². The molecule has 0 bridgehead atoms. The Labute approximate surface area is 101 Å². The molecular weight excluding hydrogens is 216 g/mol. The third kappa shape index (κ3) is 2.48. The maximum absolute atomic E-state index is 11.3. The molecule has 0 radical (unpaired) electrons. The number of carboxylic acid groups (broad SMARTS) is 1. The second-order valence-electron chi connectivity index (χ2n) is 4.58. The van der Waals surface area contributed by atoms with E-state index >= 15 is 0 Å². The highest BCUT2D eigenvalue weighted by atomic mass is 16.4. The van der Waals surface area contributed by atoms with Gasteiger partial charge in [-0.2, -0.15) is 0 Å². The van der Waals surface area contributed by atoms with Crippen molar-refractivity contribution in [3.05, 3.63) is 35.9 Å². The minimum absolute atomic E-state index is 0.563. The average Bonchev–Trinajstić information content (AvgIpc) is 2.75. The van der Waals surface area contributed by atoms with Gasteiger partial charge in [-0.05, 0) is 19.0 Å². The smallest absolute Gasteiger partial charge is 0.325 e. The molecule has 1 saturated heterocycles. The van der Waals surface area contributed by atoms with Crippen molar-refractivity contribution in [3.8, 4) is 0 Å². The fourth-order valence-electron chi connectivity index (χ4n) is 2.35. The summed E-state index contributed by atoms with van der Waals surface area (Å²) in [5.74, 6) is -0.754. The Balaban J connectivity index is 2.01. The summed E-state index contributed by atoms with van der Waals surface area (Å²) in [7, 11) is 1.72. The first-order valence-corrected chi connectivity index (χ1v) is 5.85. The number of aliphatic carboxylic acids is 1. The Kier molecular flexibility index (Phi) is 3.45. The van der Waals surface area contributed by atoms with Crippen molar-refractivity contribution in [2.75, 3.05) is 20.1 Å². The molecule has 0 aliphatic carbocycles. The quantitative estimate of drug-likeness (QED) is 0.814. The van der Waals surface area contributed by atoms with Gasteiger partial charge in [0.2, 0.25) is 0 Å². The summed E-state index contributed by atoms with van der Waals surface area (Å²) in [6, 6.07) is 10.1. The molecule has 4 heteroatoms. The Morgan fingerprint density at radius 1 is 1.47 bits per heavy atom. The highest BCUT2D eigenvalue weighted by Crippen LogP contribution is 2.22. The first-order valence-electron chi connectivity index (χ1n) is 5.85. The van der Waals surface area contributed by atoms with Gasteiger partial charge in [0.15, 0.2) is 0 Å². The molecular formula is C13H18N2O2. The van der Waals surface area contributed by atoms with Gasteiger partial charge < -0.3 is 10.4 Å². The first-order chi connectivity index (χ1) is 8.16. The van der Waals surface area contributed by atoms with E-state index in [1.807, 2.05) is 18.2 Å². The molecule has 2 N–H and O–H groups in total. The Morgan fingerprint density at radius 3 is 2.71 bits per heavy atom. The van der Waals surface area contributed by atoms with Gasteiger partial charge >= 0.3 is 5.97 Å². The van der Waals surface area contributed by atoms with Crippen LogP contribution in [0.2, 0.25) is 0 Å². The van der Waals surface area contributed by atoms with E-state index in [2.05, 4.69) is 22.3 Å². The van der Waals surface area contributed by atoms with Crippen molar-refractivity contribution >= 4 is 5.97 Å². The third-order valence-electron chi connectivity index (χ3n) is 3.49. The van der Waals surface area contributed by atoms with E-state index < -0.39 is 11.5 Å². The third-order valence-corrected chi connectivity index (χ3v) is 3.49. The van der Waals surface area contributed by atoms with E-state index in [4.69, 9.17) is 0 Å². The van der Waals surface area contributed by atoms with Gasteiger partial charge in [0.05, 0.1) is 0 Å². The average molecular weight is 234 g/mol. The molecule has 1 aliphatic heterocycles. The summed E-state index contributed by atoms with van der Waals surface area (Å²) >= 11 is 0. The standard InChI is InChI=1S/C13H18N2O2/c1-14-13(12(16)17)7-8-15(10-13)9-11-5-3-2-4-6-11/h2-6,14H,7-10H2,1H3,(H,16,17). The summed E-state index contributed by atoms with van der Waals surface area (Å²) in [5, 5.41) is 12.2. The molecule has 0 saturated carbocycles. The van der Waals surface area contributed by atoms with Crippen LogP contribution in [0.3, 0.4) is 0 Å². The van der Waals surface area contributed by atoms with Crippen LogP contribution in [0.25, 0.3) is 0 Å². The maximum Gasteiger partial charge on any atom is 0.325 e. The lowest BCUT2D eigenvalue weighted by Gasteiger charge is -2.24. The van der Waals surface area contributed by atoms with Crippen molar-refractivity contribution in [1.29, 1.82) is 0 Å². The molecule has 0 aromatic heterocycles. The SMILES string of the molecule is CNC1(C(=O)O)CCN(Cc2ccccc2)C1. The van der Waals surface area contributed by atoms with Crippen LogP contribution in [0, 0.1) is 0 Å². The van der Waals surface area contributed by atoms with Crippen LogP contribution < -0.4 is 5.32 Å². The van der Waals surface area contributed by atoms with Gasteiger partial charge in [-0.3, -0.25) is 9.69 Å². The van der Waals surface area contributed by atoms with Crippen LogP contribution in [0.5, 0.6) is 0 Å². The lowest BCUT2D eigenvalue weighted by molar-refractivity contribution is -0.144. The van der Waals surface area contributed by atoms with Crippen LogP contribution in [0.4, 0.5) is 0 Å². The highest BCUT2D eigenvalue weighted by molar-refractivity contribution is 5.79. The Bertz CT molecular complexity index is 394. The largest absolute Gasteiger partial charge is 0.480 e. The predicted octanol–water partition coefficient (Wildman–Crippen LogP) is 0.935. The van der Waals surface area contributed by atoms with Crippen molar-refractivity contribution in [2.24, 2.45) is 0 Å². The van der Waals surface area contributed by atoms with Gasteiger partial charge in [0.25, 0.3) is 0 Å². The molecule has 1 atom stereocenters. The maximum atomic E-state index is 11.3. The van der Waals surface area contributed by atoms with Crippen molar-refractivity contribution in [2.45, 2.75) is 18.5 Å². The molecule has 1 aromatic carbocycles. The number of carboxylic acids is 1. The van der Waals surface area contributed by atoms with Crippen LogP contribution in [-0.4, -0.2) is 41.7 Å². The minimum Gasteiger partial charge on any atom is -0.480 e. The number of likely N-dealkylation sites (tertiary alicyclic amines) is 1. The summed E-state index contributed by atoms with van der Waals surface area (Å²) < 4.78 is 0. The highest BCUT2D eigenvalue weighted by Gasteiger charge is 2.43. The fourth-order valence-corrected chi connectivity index (χ4v) is 2.35. The molecule has 4 nitrogen and oxygen atoms in total. The number of nitrogens with one attached hydrogen (secondary N) is 1. The van der Waals surface area contributed by atoms with E-state index in [0.717, 1.165) is 13.1 Å². The van der Waals surface area contributed by atoms with E-state index in [1.165, 1.54) is 5.56 Å². The van der Waals surface area contributed by atoms with Crippen molar-refractivity contribution < 1.29 is 9.90 Å². The lowest BCUT2D eigenvalue weighted by atomic mass is 9.99. The molecule has 1 heterocycles. The molecule has 1 aliphatic rings. The zero-order chi connectivity index (χ0) is 12.3. The zero-order valence-electron chi connectivity index (χ0n) is 10.0. The minimum atomic E-state index is -0.769. The molecule has 1 fully saturated rings. The summed E-state index contributed by atoms with van der Waals surface area (Å²) in [4.78, 5) is 13.4. The normalized spacial score (nSPS) is 25.0. The number of benzene rings is 1. The molecule has 1 unspecified atom stereocenters. The second kappa shape index (κ2) is 4.85. The monoisotopic (exact) mass is 234 g/mol. The Morgan fingerprint density at radius 2 is 2.18 bits per heavy atom. The first kappa shape index (κ1) is 12.1. The molecule has 2 rings (SSSR count). The predicted molar refractivity (Wildman–Crippen MR) is 65.8 cm³/mol. The van der Waals surface area contributed by atoms with Gasteiger partial charge in [-0.1, -0.05) is 30.3 Å². The van der Waals surface area contributed by atoms with E-state index in [-0.39, 0.29) is 0 Å². The van der Waals surface area contributed by atoms with Crippen LogP contribution in [-0.2, 0) is 11.3 Å². The van der Waals surface area contributed by atoms with E-state index in [9.17, 15) is 9.90 Å². The molecule has 0 amide bonds. The topological polar surface area (TPSA) is 52.6 Å². The lowest BCUT2D eigenvalue weighted by Crippen LogP contribution is -2.52. The zero-order valence-corrected chi connectivity index (χ0v) is 10.0.